The predicted molar refractivity (Wildman–Crippen MR) is 145 cm³/mol. The van der Waals surface area contributed by atoms with Crippen molar-refractivity contribution in [2.75, 3.05) is 17.7 Å². The van der Waals surface area contributed by atoms with E-state index in [2.05, 4.69) is 26.6 Å². The van der Waals surface area contributed by atoms with Gasteiger partial charge >= 0.3 is 12.6 Å². The number of terminal acetylenes is 1. The number of nitriles is 1. The van der Waals surface area contributed by atoms with Crippen LogP contribution < -0.4 is 20.7 Å². The van der Waals surface area contributed by atoms with Crippen LogP contribution in [0.2, 0.25) is 0 Å². The van der Waals surface area contributed by atoms with E-state index in [1.807, 2.05) is 6.07 Å². The fourth-order valence-corrected chi connectivity index (χ4v) is 3.73. The minimum Gasteiger partial charge on any atom is -0.479 e. The third-order valence-electron chi connectivity index (χ3n) is 5.68. The smallest absolute Gasteiger partial charge is 0.387 e. The number of amides is 1. The van der Waals surface area contributed by atoms with Crippen molar-refractivity contribution in [3.05, 3.63) is 76.9 Å². The van der Waals surface area contributed by atoms with Crippen molar-refractivity contribution in [1.82, 2.24) is 5.32 Å². The van der Waals surface area contributed by atoms with E-state index in [0.29, 0.717) is 33.6 Å². The maximum atomic E-state index is 12.7. The van der Waals surface area contributed by atoms with Crippen LogP contribution >= 0.6 is 0 Å². The van der Waals surface area contributed by atoms with Crippen molar-refractivity contribution in [2.45, 2.75) is 39.5 Å². The molecule has 0 fully saturated rings. The molecular weight excluding hydrogens is 506 g/mol. The summed E-state index contributed by atoms with van der Waals surface area (Å²) in [6.45, 7) is 0.698. The van der Waals surface area contributed by atoms with Crippen LogP contribution in [0.1, 0.15) is 31.4 Å². The Balaban J connectivity index is 2.17. The predicted octanol–water partition coefficient (Wildman–Crippen LogP) is 4.91. The molecule has 0 saturated heterocycles. The lowest BCUT2D eigenvalue weighted by molar-refractivity contribution is -0.137. The number of carbonyl (C=O) groups excluding carboxylic acids is 1. The van der Waals surface area contributed by atoms with Crippen LogP contribution in [0.15, 0.2) is 65.8 Å². The van der Waals surface area contributed by atoms with Gasteiger partial charge in [0.15, 0.2) is 0 Å². The highest BCUT2D eigenvalue weighted by atomic mass is 19.3. The van der Waals surface area contributed by atoms with Gasteiger partial charge in [0.2, 0.25) is 5.91 Å². The molecule has 0 bridgehead atoms. The Morgan fingerprint density at radius 3 is 2.38 bits per heavy atom. The number of rotatable bonds is 13. The molecule has 2 aromatic carbocycles. The Kier molecular flexibility index (Phi) is 11.7. The van der Waals surface area contributed by atoms with Gasteiger partial charge < -0.3 is 25.8 Å². The Morgan fingerprint density at radius 1 is 1.18 bits per heavy atom. The molecule has 0 aromatic heterocycles. The number of carboxylic acids is 1. The molecular formula is C29H30F2N4O4. The van der Waals surface area contributed by atoms with Gasteiger partial charge in [-0.2, -0.15) is 14.0 Å². The van der Waals surface area contributed by atoms with E-state index in [-0.39, 0.29) is 24.6 Å². The minimum absolute atomic E-state index is 0.00440. The quantitative estimate of drug-likeness (QED) is 0.212. The number of ether oxygens (including phenoxy) is 1. The number of halogens is 2. The van der Waals surface area contributed by atoms with Gasteiger partial charge in [0.25, 0.3) is 0 Å². The van der Waals surface area contributed by atoms with Crippen LogP contribution in [-0.4, -0.2) is 36.7 Å². The van der Waals surface area contributed by atoms with Crippen molar-refractivity contribution in [1.29, 1.82) is 5.26 Å². The highest BCUT2D eigenvalue weighted by Gasteiger charge is 2.22. The van der Waals surface area contributed by atoms with Crippen molar-refractivity contribution < 1.29 is 28.2 Å². The lowest BCUT2D eigenvalue weighted by atomic mass is 9.93. The summed E-state index contributed by atoms with van der Waals surface area (Å²) in [5.41, 5.74) is 2.60. The molecule has 0 aliphatic carbocycles. The van der Waals surface area contributed by atoms with E-state index in [1.165, 1.54) is 12.1 Å². The van der Waals surface area contributed by atoms with Gasteiger partial charge in [-0.15, -0.1) is 6.42 Å². The number of hydrogen-bond acceptors (Lipinski definition) is 6. The number of nitrogens with one attached hydrogen (secondary N) is 3. The van der Waals surface area contributed by atoms with Crippen molar-refractivity contribution >= 4 is 23.3 Å². The largest absolute Gasteiger partial charge is 0.479 e. The number of hydrogen-bond donors (Lipinski definition) is 4. The second-order valence-corrected chi connectivity index (χ2v) is 8.52. The van der Waals surface area contributed by atoms with Crippen molar-refractivity contribution in [2.24, 2.45) is 5.92 Å². The first-order valence-electron chi connectivity index (χ1n) is 12.0. The molecule has 1 unspecified atom stereocenters. The van der Waals surface area contributed by atoms with E-state index in [1.54, 1.807) is 63.4 Å². The number of anilines is 2. The number of carbonyl (C=O) groups is 2. The molecule has 8 nitrogen and oxygen atoms in total. The van der Waals surface area contributed by atoms with Crippen LogP contribution in [0.3, 0.4) is 0 Å². The van der Waals surface area contributed by atoms with E-state index in [0.717, 1.165) is 0 Å². The Hall–Kier alpha value is -4.67. The summed E-state index contributed by atoms with van der Waals surface area (Å²) in [6, 6.07) is 11.6. The molecule has 39 heavy (non-hydrogen) atoms. The lowest BCUT2D eigenvalue weighted by Gasteiger charge is -2.19. The molecule has 1 amide bonds. The van der Waals surface area contributed by atoms with Gasteiger partial charge in [-0.25, -0.2) is 4.79 Å². The zero-order chi connectivity index (χ0) is 28.9. The summed E-state index contributed by atoms with van der Waals surface area (Å²) in [7, 11) is 1.65. The summed E-state index contributed by atoms with van der Waals surface area (Å²) in [5, 5.41) is 27.3. The average Bonchev–Trinajstić information content (AvgIpc) is 2.89. The van der Waals surface area contributed by atoms with E-state index in [4.69, 9.17) is 11.7 Å². The molecule has 0 aliphatic rings. The average molecular weight is 537 g/mol. The van der Waals surface area contributed by atoms with E-state index < -0.39 is 24.5 Å². The van der Waals surface area contributed by atoms with Gasteiger partial charge in [0.1, 0.15) is 11.8 Å². The molecule has 4 N–H and O–H groups in total. The van der Waals surface area contributed by atoms with Gasteiger partial charge in [0.05, 0.1) is 11.6 Å². The van der Waals surface area contributed by atoms with Gasteiger partial charge in [0, 0.05) is 35.5 Å². The summed E-state index contributed by atoms with van der Waals surface area (Å²) >= 11 is 0. The summed E-state index contributed by atoms with van der Waals surface area (Å²) < 4.78 is 29.9. The first-order valence-corrected chi connectivity index (χ1v) is 12.0. The molecule has 0 saturated carbocycles. The van der Waals surface area contributed by atoms with Crippen LogP contribution in [0.25, 0.3) is 0 Å². The maximum absolute atomic E-state index is 12.7. The molecule has 0 spiro atoms. The van der Waals surface area contributed by atoms with Crippen LogP contribution in [0.5, 0.6) is 5.75 Å². The zero-order valence-corrected chi connectivity index (χ0v) is 21.8. The Bertz CT molecular complexity index is 1310. The Morgan fingerprint density at radius 2 is 1.85 bits per heavy atom. The monoisotopic (exact) mass is 536 g/mol. The topological polar surface area (TPSA) is 123 Å². The van der Waals surface area contributed by atoms with Crippen LogP contribution in [0.4, 0.5) is 20.2 Å². The SMILES string of the molecule is C#C/C(=C\C(=C/C)C(Nc1ccc(C#N)cc1)C(=O)O)[C@H](C)CC(=O)Nc1ccc(OC(F)F)c(CNC)c1. The molecule has 0 radical (unpaired) electrons. The molecule has 0 aliphatic heterocycles. The number of aliphatic carboxylic acids is 1. The number of carboxylic acid groups (broad SMARTS) is 1. The van der Waals surface area contributed by atoms with Crippen molar-refractivity contribution in [3.63, 3.8) is 0 Å². The third kappa shape index (κ3) is 9.29. The highest BCUT2D eigenvalue weighted by molar-refractivity contribution is 5.91. The molecule has 10 heteroatoms. The molecule has 0 heterocycles. The summed E-state index contributed by atoms with van der Waals surface area (Å²) in [6.07, 6.45) is 8.89. The zero-order valence-electron chi connectivity index (χ0n) is 21.8. The molecule has 2 aromatic rings. The standard InChI is InChI=1S/C29H30F2N4O4/c1-5-20(14-21(6-2)27(28(37)38)35-23-9-7-19(16-32)8-10-23)18(3)13-26(36)34-24-11-12-25(39-29(30)31)22(15-24)17-33-4/h1,6-12,14-15,18,27,29,33,35H,13,17H2,2-4H3,(H,34,36)(H,37,38)/b20-14+,21-6+/t18-,27?/m1/s1. The second kappa shape index (κ2) is 14.9. The minimum atomic E-state index is -2.97. The van der Waals surface area contributed by atoms with Crippen LogP contribution in [-0.2, 0) is 16.1 Å². The Labute approximate surface area is 226 Å². The maximum Gasteiger partial charge on any atom is 0.387 e. The molecule has 2 rings (SSSR count). The fraction of sp³-hybridized carbons (Fsp3) is 0.276. The van der Waals surface area contributed by atoms with Crippen LogP contribution in [0, 0.1) is 29.6 Å². The normalized spacial score (nSPS) is 13.1. The number of alkyl halides is 2. The number of benzene rings is 2. The van der Waals surface area contributed by atoms with E-state index >= 15 is 0 Å². The summed E-state index contributed by atoms with van der Waals surface area (Å²) in [5.74, 6) is 0.611. The van der Waals surface area contributed by atoms with Crippen molar-refractivity contribution in [3.8, 4) is 24.2 Å². The second-order valence-electron chi connectivity index (χ2n) is 8.52. The molecule has 2 atom stereocenters. The summed E-state index contributed by atoms with van der Waals surface area (Å²) in [4.78, 5) is 24.8. The molecule has 204 valence electrons. The lowest BCUT2D eigenvalue weighted by Crippen LogP contribution is -2.31. The first kappa shape index (κ1) is 30.6. The van der Waals surface area contributed by atoms with E-state index in [9.17, 15) is 23.5 Å². The third-order valence-corrected chi connectivity index (χ3v) is 5.68. The van der Waals surface area contributed by atoms with Gasteiger partial charge in [-0.1, -0.05) is 18.9 Å². The fourth-order valence-electron chi connectivity index (χ4n) is 3.73. The highest BCUT2D eigenvalue weighted by Crippen LogP contribution is 2.26. The van der Waals surface area contributed by atoms with Gasteiger partial charge in [-0.3, -0.25) is 4.79 Å². The number of nitrogens with zero attached hydrogens (tertiary/aromatic N) is 1. The first-order chi connectivity index (χ1) is 18.6. The number of allylic oxidation sites excluding steroid dienone is 2. The van der Waals surface area contributed by atoms with Gasteiger partial charge in [-0.05, 0) is 74.0 Å².